The molecule has 2 nitrogen and oxygen atoms in total. The average Bonchev–Trinajstić information content (AvgIpc) is 2.31. The predicted molar refractivity (Wildman–Crippen MR) is 78.7 cm³/mol. The second-order valence-electron chi connectivity index (χ2n) is 5.15. The van der Waals surface area contributed by atoms with Gasteiger partial charge in [-0.15, -0.1) is 0 Å². The van der Waals surface area contributed by atoms with Crippen LogP contribution in [0, 0.1) is 0 Å². The maximum atomic E-state index is 6.10. The van der Waals surface area contributed by atoms with Gasteiger partial charge >= 0.3 is 0 Å². The molecular weight excluding hydrogens is 246 g/mol. The second-order valence-corrected chi connectivity index (χ2v) is 5.55. The van der Waals surface area contributed by atoms with E-state index >= 15 is 0 Å². The monoisotopic (exact) mass is 269 g/mol. The van der Waals surface area contributed by atoms with Crippen molar-refractivity contribution in [3.8, 4) is 5.75 Å². The van der Waals surface area contributed by atoms with Gasteiger partial charge < -0.3 is 10.1 Å². The van der Waals surface area contributed by atoms with Crippen molar-refractivity contribution in [1.82, 2.24) is 5.32 Å². The van der Waals surface area contributed by atoms with Crippen molar-refractivity contribution in [2.75, 3.05) is 13.1 Å². The highest BCUT2D eigenvalue weighted by atomic mass is 35.5. The van der Waals surface area contributed by atoms with Gasteiger partial charge in [0, 0.05) is 11.6 Å². The zero-order valence-electron chi connectivity index (χ0n) is 11.8. The number of nitrogens with one attached hydrogen (secondary N) is 1. The van der Waals surface area contributed by atoms with Crippen LogP contribution in [0.1, 0.15) is 39.7 Å². The fraction of sp³-hybridized carbons (Fsp3) is 0.600. The summed E-state index contributed by atoms with van der Waals surface area (Å²) in [7, 11) is 0. The summed E-state index contributed by atoms with van der Waals surface area (Å²) in [5.74, 6) is 0.888. The fourth-order valence-corrected chi connectivity index (χ4v) is 2.06. The number of benzene rings is 1. The predicted octanol–water partition coefficient (Wildman–Crippen LogP) is 4.06. The highest BCUT2D eigenvalue weighted by Gasteiger charge is 2.19. The Bertz CT molecular complexity index is 377. The molecule has 3 heteroatoms. The fourth-order valence-electron chi connectivity index (χ4n) is 1.81. The lowest BCUT2D eigenvalue weighted by Crippen LogP contribution is -2.40. The van der Waals surface area contributed by atoms with Crippen molar-refractivity contribution >= 4 is 11.6 Å². The van der Waals surface area contributed by atoms with Gasteiger partial charge in [0.15, 0.2) is 0 Å². The largest absolute Gasteiger partial charge is 0.487 e. The Hall–Kier alpha value is -0.730. The van der Waals surface area contributed by atoms with Gasteiger partial charge in [0.05, 0.1) is 0 Å². The van der Waals surface area contributed by atoms with Gasteiger partial charge in [0.1, 0.15) is 11.4 Å². The molecule has 18 heavy (non-hydrogen) atoms. The van der Waals surface area contributed by atoms with Crippen LogP contribution in [0.25, 0.3) is 0 Å². The van der Waals surface area contributed by atoms with E-state index in [0.717, 1.165) is 42.3 Å². The van der Waals surface area contributed by atoms with Crippen LogP contribution in [-0.4, -0.2) is 18.7 Å². The zero-order valence-corrected chi connectivity index (χ0v) is 12.6. The SMILES string of the molecule is CCCNCC(C)(C)Oc1ccc(Cl)c(CC)c1. The van der Waals surface area contributed by atoms with E-state index in [2.05, 4.69) is 33.0 Å². The summed E-state index contributed by atoms with van der Waals surface area (Å²) in [5.41, 5.74) is 0.917. The highest BCUT2D eigenvalue weighted by molar-refractivity contribution is 6.31. The quantitative estimate of drug-likeness (QED) is 0.754. The van der Waals surface area contributed by atoms with Gasteiger partial charge in [-0.05, 0) is 57.0 Å². The van der Waals surface area contributed by atoms with Crippen molar-refractivity contribution in [1.29, 1.82) is 0 Å². The molecule has 102 valence electrons. The molecule has 0 aliphatic carbocycles. The van der Waals surface area contributed by atoms with Crippen molar-refractivity contribution in [3.63, 3.8) is 0 Å². The first kappa shape index (κ1) is 15.3. The third-order valence-electron chi connectivity index (χ3n) is 2.77. The molecule has 0 atom stereocenters. The van der Waals surface area contributed by atoms with E-state index < -0.39 is 0 Å². The van der Waals surface area contributed by atoms with Crippen LogP contribution in [0.3, 0.4) is 0 Å². The molecular formula is C15H24ClNO. The normalized spacial score (nSPS) is 11.6. The first-order valence-corrected chi connectivity index (χ1v) is 7.04. The summed E-state index contributed by atoms with van der Waals surface area (Å²) in [6, 6.07) is 5.87. The molecule has 0 radical (unpaired) electrons. The van der Waals surface area contributed by atoms with Gasteiger partial charge in [-0.25, -0.2) is 0 Å². The molecule has 0 amide bonds. The first-order chi connectivity index (χ1) is 8.48. The van der Waals surface area contributed by atoms with E-state index in [0.29, 0.717) is 0 Å². The molecule has 1 aromatic rings. The molecule has 0 saturated heterocycles. The summed E-state index contributed by atoms with van der Waals surface area (Å²) in [4.78, 5) is 0. The van der Waals surface area contributed by atoms with Crippen molar-refractivity contribution in [3.05, 3.63) is 28.8 Å². The van der Waals surface area contributed by atoms with Crippen LogP contribution in [-0.2, 0) is 6.42 Å². The molecule has 1 rings (SSSR count). The molecule has 0 aromatic heterocycles. The molecule has 0 unspecified atom stereocenters. The van der Waals surface area contributed by atoms with E-state index in [9.17, 15) is 0 Å². The van der Waals surface area contributed by atoms with E-state index in [-0.39, 0.29) is 5.60 Å². The summed E-state index contributed by atoms with van der Waals surface area (Å²) in [6.07, 6.45) is 2.06. The van der Waals surface area contributed by atoms with Crippen LogP contribution in [0.5, 0.6) is 5.75 Å². The Kier molecular flexibility index (Phi) is 5.97. The molecule has 0 bridgehead atoms. The Morgan fingerprint density at radius 1 is 1.28 bits per heavy atom. The number of rotatable bonds is 7. The number of hydrogen-bond acceptors (Lipinski definition) is 2. The van der Waals surface area contributed by atoms with Crippen molar-refractivity contribution < 1.29 is 4.74 Å². The molecule has 0 aliphatic heterocycles. The number of halogens is 1. The van der Waals surface area contributed by atoms with Crippen molar-refractivity contribution in [2.45, 2.75) is 46.1 Å². The molecule has 1 aromatic carbocycles. The zero-order chi connectivity index (χ0) is 13.6. The standard InChI is InChI=1S/C15H24ClNO/c1-5-9-17-11-15(3,4)18-13-7-8-14(16)12(6-2)10-13/h7-8,10,17H,5-6,9,11H2,1-4H3. The van der Waals surface area contributed by atoms with Crippen molar-refractivity contribution in [2.24, 2.45) is 0 Å². The minimum atomic E-state index is -0.214. The van der Waals surface area contributed by atoms with Crippen LogP contribution < -0.4 is 10.1 Å². The number of ether oxygens (including phenoxy) is 1. The summed E-state index contributed by atoms with van der Waals surface area (Å²) >= 11 is 6.10. The topological polar surface area (TPSA) is 21.3 Å². The summed E-state index contributed by atoms with van der Waals surface area (Å²) in [5, 5.41) is 4.20. The van der Waals surface area contributed by atoms with Gasteiger partial charge in [-0.2, -0.15) is 0 Å². The lowest BCUT2D eigenvalue weighted by molar-refractivity contribution is 0.108. The first-order valence-electron chi connectivity index (χ1n) is 6.66. The number of aryl methyl sites for hydroxylation is 1. The highest BCUT2D eigenvalue weighted by Crippen LogP contribution is 2.25. The van der Waals surface area contributed by atoms with Crippen LogP contribution >= 0.6 is 11.6 Å². The van der Waals surface area contributed by atoms with Gasteiger partial charge in [-0.1, -0.05) is 25.4 Å². The number of hydrogen-bond donors (Lipinski definition) is 1. The van der Waals surface area contributed by atoms with E-state index in [1.54, 1.807) is 0 Å². The lowest BCUT2D eigenvalue weighted by atomic mass is 10.1. The third kappa shape index (κ3) is 4.87. The molecule has 1 N–H and O–H groups in total. The Morgan fingerprint density at radius 2 is 2.00 bits per heavy atom. The molecule has 0 saturated carbocycles. The Morgan fingerprint density at radius 3 is 2.61 bits per heavy atom. The Labute approximate surface area is 116 Å². The average molecular weight is 270 g/mol. The molecule has 0 aliphatic rings. The Balaban J connectivity index is 2.65. The van der Waals surface area contributed by atoms with E-state index in [1.165, 1.54) is 0 Å². The van der Waals surface area contributed by atoms with Gasteiger partial charge in [0.25, 0.3) is 0 Å². The van der Waals surface area contributed by atoms with E-state index in [1.807, 2.05) is 18.2 Å². The maximum absolute atomic E-state index is 6.10. The minimum absolute atomic E-state index is 0.214. The molecule has 0 spiro atoms. The van der Waals surface area contributed by atoms with Crippen LogP contribution in [0.15, 0.2) is 18.2 Å². The third-order valence-corrected chi connectivity index (χ3v) is 3.14. The molecule has 0 fully saturated rings. The summed E-state index contributed by atoms with van der Waals surface area (Å²) in [6.45, 7) is 10.3. The lowest BCUT2D eigenvalue weighted by Gasteiger charge is -2.27. The molecule has 0 heterocycles. The maximum Gasteiger partial charge on any atom is 0.120 e. The minimum Gasteiger partial charge on any atom is -0.487 e. The van der Waals surface area contributed by atoms with Crippen LogP contribution in [0.4, 0.5) is 0 Å². The van der Waals surface area contributed by atoms with Crippen LogP contribution in [0.2, 0.25) is 5.02 Å². The smallest absolute Gasteiger partial charge is 0.120 e. The van der Waals surface area contributed by atoms with E-state index in [4.69, 9.17) is 16.3 Å². The van der Waals surface area contributed by atoms with Gasteiger partial charge in [0.2, 0.25) is 0 Å². The van der Waals surface area contributed by atoms with Gasteiger partial charge in [-0.3, -0.25) is 0 Å². The second kappa shape index (κ2) is 7.01. The summed E-state index contributed by atoms with van der Waals surface area (Å²) < 4.78 is 6.02.